The fourth-order valence-corrected chi connectivity index (χ4v) is 5.16. The SMILES string of the molecule is O=C(O)COc1c(Br)cc(I)cc1/C=C1/SC(=O)N(CC(=O)Nc2cccc(F)c2)C1=O. The number of hydrogen-bond donors (Lipinski definition) is 2. The standard InChI is InChI=1S/C20H13BrFIN2O6S/c21-14-7-12(23)4-10(18(14)31-9-17(27)28)5-15-19(29)25(20(30)32-15)8-16(26)24-13-3-1-2-11(22)6-13/h1-7H,8-9H2,(H,24,26)(H,27,28)/b15-5+. The molecule has 0 aromatic heterocycles. The first-order chi connectivity index (χ1) is 15.1. The van der Waals surface area contributed by atoms with E-state index in [1.807, 2.05) is 22.6 Å². The number of imide groups is 1. The summed E-state index contributed by atoms with van der Waals surface area (Å²) in [6.45, 7) is -1.14. The molecule has 3 rings (SSSR count). The van der Waals surface area contributed by atoms with E-state index < -0.39 is 42.0 Å². The van der Waals surface area contributed by atoms with Gasteiger partial charge in [-0.25, -0.2) is 9.18 Å². The van der Waals surface area contributed by atoms with E-state index in [2.05, 4.69) is 21.2 Å². The van der Waals surface area contributed by atoms with Crippen molar-refractivity contribution in [2.24, 2.45) is 0 Å². The summed E-state index contributed by atoms with van der Waals surface area (Å²) >= 11 is 5.98. The number of amides is 3. The molecule has 1 aliphatic rings. The van der Waals surface area contributed by atoms with Crippen LogP contribution in [0.1, 0.15) is 5.56 Å². The number of carbonyl (C=O) groups excluding carboxylic acids is 3. The third kappa shape index (κ3) is 6.07. The summed E-state index contributed by atoms with van der Waals surface area (Å²) < 4.78 is 19.8. The van der Waals surface area contributed by atoms with E-state index in [1.54, 1.807) is 12.1 Å². The van der Waals surface area contributed by atoms with Crippen LogP contribution in [0.4, 0.5) is 14.9 Å². The van der Waals surface area contributed by atoms with E-state index in [0.717, 1.165) is 14.5 Å². The third-order valence-corrected chi connectivity index (χ3v) is 6.07. The Labute approximate surface area is 207 Å². The highest BCUT2D eigenvalue weighted by Gasteiger charge is 2.36. The molecule has 1 fully saturated rings. The molecule has 12 heteroatoms. The summed E-state index contributed by atoms with van der Waals surface area (Å²) in [5, 5.41) is 10.7. The number of benzene rings is 2. The van der Waals surface area contributed by atoms with Crippen molar-refractivity contribution in [3.05, 3.63) is 60.7 Å². The number of nitrogens with one attached hydrogen (secondary N) is 1. The number of hydrogen-bond acceptors (Lipinski definition) is 6. The van der Waals surface area contributed by atoms with Gasteiger partial charge in [-0.2, -0.15) is 0 Å². The summed E-state index contributed by atoms with van der Waals surface area (Å²) in [5.74, 6) is -2.87. The van der Waals surface area contributed by atoms with Crippen LogP contribution in [0, 0.1) is 9.39 Å². The highest BCUT2D eigenvalue weighted by Crippen LogP contribution is 2.37. The third-order valence-electron chi connectivity index (χ3n) is 3.95. The molecule has 2 aromatic rings. The van der Waals surface area contributed by atoms with Crippen molar-refractivity contribution in [1.29, 1.82) is 0 Å². The second-order valence-electron chi connectivity index (χ2n) is 6.31. The highest BCUT2D eigenvalue weighted by atomic mass is 127. The number of ether oxygens (including phenoxy) is 1. The monoisotopic (exact) mass is 634 g/mol. The van der Waals surface area contributed by atoms with E-state index in [0.29, 0.717) is 21.8 Å². The van der Waals surface area contributed by atoms with E-state index in [9.17, 15) is 23.6 Å². The van der Waals surface area contributed by atoms with Crippen LogP contribution in [0.25, 0.3) is 6.08 Å². The number of rotatable bonds is 7. The lowest BCUT2D eigenvalue weighted by atomic mass is 10.2. The van der Waals surface area contributed by atoms with Gasteiger partial charge in [-0.05, 0) is 86.7 Å². The van der Waals surface area contributed by atoms with Crippen molar-refractivity contribution in [2.45, 2.75) is 0 Å². The van der Waals surface area contributed by atoms with Gasteiger partial charge in [-0.15, -0.1) is 0 Å². The van der Waals surface area contributed by atoms with E-state index in [-0.39, 0.29) is 16.3 Å². The Morgan fingerprint density at radius 1 is 1.28 bits per heavy atom. The second-order valence-corrected chi connectivity index (χ2v) is 9.41. The highest BCUT2D eigenvalue weighted by molar-refractivity contribution is 14.1. The Balaban J connectivity index is 1.79. The molecule has 3 amide bonds. The number of halogens is 3. The minimum absolute atomic E-state index is 0.0441. The van der Waals surface area contributed by atoms with E-state index >= 15 is 0 Å². The summed E-state index contributed by atoms with van der Waals surface area (Å²) in [7, 11) is 0. The van der Waals surface area contributed by atoms with E-state index in [1.165, 1.54) is 24.3 Å². The molecule has 0 spiro atoms. The number of anilines is 1. The quantitative estimate of drug-likeness (QED) is 0.344. The Kier molecular flexibility index (Phi) is 7.90. The molecule has 166 valence electrons. The molecule has 1 aliphatic heterocycles. The van der Waals surface area contributed by atoms with Gasteiger partial charge >= 0.3 is 5.97 Å². The van der Waals surface area contributed by atoms with Gasteiger partial charge in [0, 0.05) is 14.8 Å². The maximum absolute atomic E-state index is 13.3. The van der Waals surface area contributed by atoms with Gasteiger partial charge in [-0.3, -0.25) is 19.3 Å². The van der Waals surface area contributed by atoms with Crippen molar-refractivity contribution >= 4 is 85.1 Å². The average molecular weight is 635 g/mol. The molecule has 0 saturated carbocycles. The molecular weight excluding hydrogens is 622 g/mol. The fraction of sp³-hybridized carbons (Fsp3) is 0.100. The number of thioether (sulfide) groups is 1. The minimum Gasteiger partial charge on any atom is -0.480 e. The van der Waals surface area contributed by atoms with Gasteiger partial charge in [0.2, 0.25) is 5.91 Å². The lowest BCUT2D eigenvalue weighted by Gasteiger charge is -2.13. The minimum atomic E-state index is -1.17. The molecule has 0 bridgehead atoms. The zero-order chi connectivity index (χ0) is 23.4. The molecule has 32 heavy (non-hydrogen) atoms. The first kappa shape index (κ1) is 24.2. The number of carboxylic acids is 1. The second kappa shape index (κ2) is 10.4. The van der Waals surface area contributed by atoms with Crippen LogP contribution < -0.4 is 10.1 Å². The van der Waals surface area contributed by atoms with Crippen LogP contribution in [-0.2, 0) is 14.4 Å². The first-order valence-corrected chi connectivity index (χ1v) is 11.5. The average Bonchev–Trinajstić information content (AvgIpc) is 2.94. The maximum Gasteiger partial charge on any atom is 0.341 e. The number of nitrogens with zero attached hydrogens (tertiary/aromatic N) is 1. The predicted octanol–water partition coefficient (Wildman–Crippen LogP) is 4.33. The van der Waals surface area contributed by atoms with Gasteiger partial charge in [0.05, 0.1) is 9.38 Å². The predicted molar refractivity (Wildman–Crippen MR) is 128 cm³/mol. The summed E-state index contributed by atoms with van der Waals surface area (Å²) in [4.78, 5) is 49.0. The molecular formula is C20H13BrFIN2O6S. The normalized spacial score (nSPS) is 14.7. The molecule has 0 aliphatic carbocycles. The zero-order valence-corrected chi connectivity index (χ0v) is 20.5. The lowest BCUT2D eigenvalue weighted by molar-refractivity contribution is -0.139. The zero-order valence-electron chi connectivity index (χ0n) is 15.9. The van der Waals surface area contributed by atoms with Crippen LogP contribution in [0.15, 0.2) is 45.8 Å². The summed E-state index contributed by atoms with van der Waals surface area (Å²) in [6.07, 6.45) is 1.40. The molecule has 1 saturated heterocycles. The Hall–Kier alpha value is -2.45. The van der Waals surface area contributed by atoms with Crippen LogP contribution in [0.5, 0.6) is 5.75 Å². The first-order valence-electron chi connectivity index (χ1n) is 8.78. The van der Waals surface area contributed by atoms with Crippen molar-refractivity contribution in [3.8, 4) is 5.75 Å². The lowest BCUT2D eigenvalue weighted by Crippen LogP contribution is -2.36. The van der Waals surface area contributed by atoms with Crippen molar-refractivity contribution in [2.75, 3.05) is 18.5 Å². The van der Waals surface area contributed by atoms with Gasteiger partial charge in [0.25, 0.3) is 11.1 Å². The summed E-state index contributed by atoms with van der Waals surface area (Å²) in [5.41, 5.74) is 0.584. The molecule has 2 N–H and O–H groups in total. The molecule has 0 unspecified atom stereocenters. The Morgan fingerprint density at radius 2 is 2.03 bits per heavy atom. The van der Waals surface area contributed by atoms with Crippen molar-refractivity contribution < 1.29 is 33.4 Å². The molecule has 8 nitrogen and oxygen atoms in total. The smallest absolute Gasteiger partial charge is 0.341 e. The number of aliphatic carboxylic acids is 1. The molecule has 2 aromatic carbocycles. The van der Waals surface area contributed by atoms with Gasteiger partial charge in [0.1, 0.15) is 18.1 Å². The van der Waals surface area contributed by atoms with Gasteiger partial charge < -0.3 is 15.2 Å². The Bertz CT molecular complexity index is 1160. The van der Waals surface area contributed by atoms with Crippen molar-refractivity contribution in [1.82, 2.24) is 4.90 Å². The Morgan fingerprint density at radius 3 is 2.72 bits per heavy atom. The van der Waals surface area contributed by atoms with Gasteiger partial charge in [-0.1, -0.05) is 6.07 Å². The maximum atomic E-state index is 13.3. The largest absolute Gasteiger partial charge is 0.480 e. The number of carboxylic acid groups (broad SMARTS) is 1. The van der Waals surface area contributed by atoms with Crippen LogP contribution in [0.2, 0.25) is 0 Å². The summed E-state index contributed by atoms with van der Waals surface area (Å²) in [6, 6.07) is 8.58. The van der Waals surface area contributed by atoms with Gasteiger partial charge in [0.15, 0.2) is 6.61 Å². The molecule has 0 radical (unpaired) electrons. The van der Waals surface area contributed by atoms with Crippen molar-refractivity contribution in [3.63, 3.8) is 0 Å². The van der Waals surface area contributed by atoms with E-state index in [4.69, 9.17) is 9.84 Å². The molecule has 0 atom stereocenters. The fourth-order valence-electron chi connectivity index (χ4n) is 2.66. The number of carbonyl (C=O) groups is 4. The van der Waals surface area contributed by atoms with Crippen LogP contribution >= 0.6 is 50.3 Å². The topological polar surface area (TPSA) is 113 Å². The van der Waals surface area contributed by atoms with Crippen LogP contribution in [-0.4, -0.2) is 46.2 Å². The molecule has 1 heterocycles. The van der Waals surface area contributed by atoms with Crippen LogP contribution in [0.3, 0.4) is 0 Å².